The molecule has 7 heavy (non-hydrogen) atoms. The second kappa shape index (κ2) is 90.0. The normalized spacial score (nSPS) is 2.57. The van der Waals surface area contributed by atoms with Crippen LogP contribution in [-0.2, 0) is 59.3 Å². The van der Waals surface area contributed by atoms with Crippen molar-refractivity contribution in [2.75, 3.05) is 0 Å². The van der Waals surface area contributed by atoms with Gasteiger partial charge >= 0.3 is 94.9 Å². The van der Waals surface area contributed by atoms with Crippen LogP contribution in [-0.4, -0.2) is 0 Å². The average molecular weight is 378 g/mol. The fourth-order valence-electron chi connectivity index (χ4n) is 0. The van der Waals surface area contributed by atoms with E-state index in [1.165, 1.54) is 0 Å². The first-order valence-corrected chi connectivity index (χ1v) is 1.52. The minimum absolute atomic E-state index is 0. The standard InChI is InChI=1S/3Cu.La.3O/q3*-1;+3;;;. The van der Waals surface area contributed by atoms with Gasteiger partial charge in [0.05, 0.1) is 0 Å². The first-order valence-electron chi connectivity index (χ1n) is 0.369. The zero-order valence-electron chi connectivity index (χ0n) is 2.71. The second-order valence-electron chi connectivity index (χ2n) is 0. The monoisotopic (exact) mass is 376 g/mol. The quantitative estimate of drug-likeness (QED) is 0.542. The van der Waals surface area contributed by atoms with E-state index in [0.717, 1.165) is 0 Å². The van der Waals surface area contributed by atoms with Gasteiger partial charge in [-0.25, -0.2) is 0 Å². The van der Waals surface area contributed by atoms with E-state index in [2.05, 4.69) is 47.8 Å². The molecular formula is Cu3LaO3. The summed E-state index contributed by atoms with van der Waals surface area (Å²) in [5.41, 5.74) is 0. The second-order valence-corrected chi connectivity index (χ2v) is 0. The molecule has 0 spiro atoms. The van der Waals surface area contributed by atoms with Gasteiger partial charge in [-0.2, -0.15) is 0 Å². The molecule has 0 fully saturated rings. The van der Waals surface area contributed by atoms with E-state index in [1.54, 1.807) is 0 Å². The van der Waals surface area contributed by atoms with Crippen LogP contribution in [0.25, 0.3) is 0 Å². The van der Waals surface area contributed by atoms with E-state index in [1.807, 2.05) is 0 Å². The van der Waals surface area contributed by atoms with Crippen LogP contribution in [0.4, 0.5) is 0 Å². The summed E-state index contributed by atoms with van der Waals surface area (Å²) in [5.74, 6) is 0. The summed E-state index contributed by atoms with van der Waals surface area (Å²) in [6.07, 6.45) is 0. The van der Waals surface area contributed by atoms with E-state index in [4.69, 9.17) is 11.5 Å². The summed E-state index contributed by atoms with van der Waals surface area (Å²) in [7, 11) is 0. The third kappa shape index (κ3) is 66.6. The zero-order chi connectivity index (χ0) is 6.00. The SMILES string of the molecule is [La+3].[O]=[Cu-].[O]=[Cu-].[O]=[Cu-]. The van der Waals surface area contributed by atoms with Crippen molar-refractivity contribution in [1.29, 1.82) is 0 Å². The number of hydrogen-bond acceptors (Lipinski definition) is 3. The van der Waals surface area contributed by atoms with Gasteiger partial charge in [-0.1, -0.05) is 0 Å². The Morgan fingerprint density at radius 1 is 0.571 bits per heavy atom. The van der Waals surface area contributed by atoms with Crippen molar-refractivity contribution < 1.29 is 94.9 Å². The minimum atomic E-state index is 0. The molecule has 0 aromatic heterocycles. The molecule has 0 rings (SSSR count). The van der Waals surface area contributed by atoms with Crippen molar-refractivity contribution in [3.05, 3.63) is 0 Å². The molecule has 0 N–H and O–H groups in total. The first kappa shape index (κ1) is 22.9. The van der Waals surface area contributed by atoms with Crippen LogP contribution in [0.3, 0.4) is 0 Å². The fraction of sp³-hybridized carbons (Fsp3) is 0. The zero-order valence-corrected chi connectivity index (χ0v) is 9.16. The van der Waals surface area contributed by atoms with Crippen LogP contribution in [0.15, 0.2) is 0 Å². The van der Waals surface area contributed by atoms with Crippen LogP contribution in [0.1, 0.15) is 0 Å². The molecule has 54 valence electrons. The molecule has 3 nitrogen and oxygen atoms in total. The van der Waals surface area contributed by atoms with Gasteiger partial charge in [0.15, 0.2) is 0 Å². The Morgan fingerprint density at radius 2 is 0.571 bits per heavy atom. The van der Waals surface area contributed by atoms with Gasteiger partial charge in [0.2, 0.25) is 0 Å². The first-order chi connectivity index (χ1) is 3.00. The van der Waals surface area contributed by atoms with Gasteiger partial charge in [-0.15, -0.1) is 0 Å². The molecule has 0 bridgehead atoms. The molecule has 0 aromatic carbocycles. The third-order valence-corrected chi connectivity index (χ3v) is 0. The third-order valence-electron chi connectivity index (χ3n) is 0. The number of hydrogen-bond donors (Lipinski definition) is 0. The Bertz CT molecular complexity index is 14.9. The Morgan fingerprint density at radius 3 is 0.571 bits per heavy atom. The van der Waals surface area contributed by atoms with E-state index in [9.17, 15) is 0 Å². The summed E-state index contributed by atoms with van der Waals surface area (Å²) < 4.78 is 23.4. The van der Waals surface area contributed by atoms with Crippen molar-refractivity contribution in [3.8, 4) is 0 Å². The van der Waals surface area contributed by atoms with Crippen LogP contribution in [0, 0.1) is 35.6 Å². The topological polar surface area (TPSA) is 51.2 Å². The van der Waals surface area contributed by atoms with Gasteiger partial charge in [-0.05, 0) is 0 Å². The predicted octanol–water partition coefficient (Wildman–Crippen LogP) is -0.364. The molecule has 0 aliphatic rings. The molecule has 0 heterocycles. The molecular weight excluding hydrogens is 378 g/mol. The molecule has 7 heteroatoms. The van der Waals surface area contributed by atoms with E-state index >= 15 is 0 Å². The van der Waals surface area contributed by atoms with Crippen molar-refractivity contribution in [3.63, 3.8) is 0 Å². The summed E-state index contributed by atoms with van der Waals surface area (Å²) in [6.45, 7) is 0. The molecule has 0 saturated heterocycles. The van der Waals surface area contributed by atoms with Crippen LogP contribution < -0.4 is 0 Å². The molecule has 0 aliphatic heterocycles. The van der Waals surface area contributed by atoms with Crippen molar-refractivity contribution in [1.82, 2.24) is 0 Å². The van der Waals surface area contributed by atoms with Crippen LogP contribution >= 0.6 is 0 Å². The van der Waals surface area contributed by atoms with Gasteiger partial charge < -0.3 is 0 Å². The van der Waals surface area contributed by atoms with Crippen LogP contribution in [0.5, 0.6) is 0 Å². The Balaban J connectivity index is -0.00000000900. The molecule has 0 radical (unpaired) electrons. The molecule has 0 aromatic rings. The van der Waals surface area contributed by atoms with Gasteiger partial charge in [0.25, 0.3) is 0 Å². The fourth-order valence-corrected chi connectivity index (χ4v) is 0. The number of rotatable bonds is 0. The maximum atomic E-state index is 7.81. The van der Waals surface area contributed by atoms with E-state index < -0.39 is 0 Å². The van der Waals surface area contributed by atoms with Gasteiger partial charge in [-0.3, -0.25) is 0 Å². The van der Waals surface area contributed by atoms with Crippen LogP contribution in [0.2, 0.25) is 0 Å². The molecule has 0 aliphatic carbocycles. The Labute approximate surface area is 93.4 Å². The average Bonchev–Trinajstić information content (AvgIpc) is 1.81. The molecule has 0 saturated carbocycles. The van der Waals surface area contributed by atoms with E-state index in [0.29, 0.717) is 0 Å². The van der Waals surface area contributed by atoms with Gasteiger partial charge in [0, 0.05) is 0 Å². The molecule has 0 unspecified atom stereocenters. The predicted molar refractivity (Wildman–Crippen MR) is 2.06 cm³/mol. The van der Waals surface area contributed by atoms with Gasteiger partial charge in [0.1, 0.15) is 0 Å². The molecule has 0 amide bonds. The Kier molecular flexibility index (Phi) is 295. The summed E-state index contributed by atoms with van der Waals surface area (Å²) in [4.78, 5) is 0. The van der Waals surface area contributed by atoms with Crippen molar-refractivity contribution in [2.45, 2.75) is 0 Å². The van der Waals surface area contributed by atoms with E-state index in [-0.39, 0.29) is 35.6 Å². The summed E-state index contributed by atoms with van der Waals surface area (Å²) in [5, 5.41) is 0. The van der Waals surface area contributed by atoms with Crippen molar-refractivity contribution in [2.24, 2.45) is 0 Å². The maximum absolute atomic E-state index is 7.81. The molecule has 0 atom stereocenters. The summed E-state index contributed by atoms with van der Waals surface area (Å²) in [6, 6.07) is 0. The van der Waals surface area contributed by atoms with Crippen molar-refractivity contribution >= 4 is 0 Å². The Hall–Kier alpha value is 2.15. The summed E-state index contributed by atoms with van der Waals surface area (Å²) >= 11 is 8.81.